The molecule has 1 aromatic heterocycles. The lowest BCUT2D eigenvalue weighted by Gasteiger charge is -2.19. The normalized spacial score (nSPS) is 10.5. The Bertz CT molecular complexity index is 1130. The number of nitrogens with one attached hydrogen (secondary N) is 1. The standard InChI is InChI=1S/C27H35N5O3.ClH/c1-31(2)16-7-17-32(3)26(33)22-9-6-8-21(19-22)23-13-15-29-27(30-23)28-14-12-20-10-11-24(34-4)25(18-20)35-5;/h6,8-11,13,15,18-19H,7,12,14,16-17H2,1-5H3,(H,28,29,30);1H. The monoisotopic (exact) mass is 513 g/mol. The van der Waals surface area contributed by atoms with E-state index in [-0.39, 0.29) is 18.3 Å². The summed E-state index contributed by atoms with van der Waals surface area (Å²) in [5.74, 6) is 1.97. The van der Waals surface area contributed by atoms with Crippen LogP contribution >= 0.6 is 12.4 Å². The molecular formula is C27H36ClN5O3. The van der Waals surface area contributed by atoms with Crippen molar-refractivity contribution in [1.29, 1.82) is 0 Å². The molecule has 0 saturated heterocycles. The highest BCUT2D eigenvalue weighted by Crippen LogP contribution is 2.27. The van der Waals surface area contributed by atoms with Gasteiger partial charge < -0.3 is 24.6 Å². The second-order valence-electron chi connectivity index (χ2n) is 8.60. The van der Waals surface area contributed by atoms with Crippen LogP contribution in [0.1, 0.15) is 22.3 Å². The van der Waals surface area contributed by atoms with Gasteiger partial charge in [0.25, 0.3) is 5.91 Å². The molecule has 9 heteroatoms. The number of benzene rings is 2. The molecule has 0 atom stereocenters. The third kappa shape index (κ3) is 8.10. The number of ether oxygens (including phenoxy) is 2. The van der Waals surface area contributed by atoms with Gasteiger partial charge in [0.15, 0.2) is 11.5 Å². The highest BCUT2D eigenvalue weighted by molar-refractivity contribution is 5.95. The molecule has 1 heterocycles. The Morgan fingerprint density at radius 2 is 1.75 bits per heavy atom. The number of halogens is 1. The van der Waals surface area contributed by atoms with Gasteiger partial charge in [0, 0.05) is 37.5 Å². The fourth-order valence-corrected chi connectivity index (χ4v) is 3.72. The van der Waals surface area contributed by atoms with Crippen LogP contribution in [0.4, 0.5) is 5.95 Å². The van der Waals surface area contributed by atoms with E-state index in [1.165, 1.54) is 0 Å². The lowest BCUT2D eigenvalue weighted by atomic mass is 10.1. The van der Waals surface area contributed by atoms with Gasteiger partial charge in [-0.3, -0.25) is 4.79 Å². The van der Waals surface area contributed by atoms with Crippen molar-refractivity contribution in [2.24, 2.45) is 0 Å². The summed E-state index contributed by atoms with van der Waals surface area (Å²) < 4.78 is 10.7. The number of methoxy groups -OCH3 is 2. The lowest BCUT2D eigenvalue weighted by molar-refractivity contribution is 0.0790. The van der Waals surface area contributed by atoms with Crippen molar-refractivity contribution >= 4 is 24.3 Å². The molecule has 0 aliphatic rings. The summed E-state index contributed by atoms with van der Waals surface area (Å²) in [6, 6.07) is 15.3. The summed E-state index contributed by atoms with van der Waals surface area (Å²) in [5, 5.41) is 3.28. The van der Waals surface area contributed by atoms with Crippen molar-refractivity contribution < 1.29 is 14.3 Å². The minimum atomic E-state index is 0. The summed E-state index contributed by atoms with van der Waals surface area (Å²) in [6.07, 6.45) is 3.43. The topological polar surface area (TPSA) is 79.8 Å². The molecule has 0 spiro atoms. The molecule has 194 valence electrons. The maximum atomic E-state index is 12.9. The molecule has 36 heavy (non-hydrogen) atoms. The van der Waals surface area contributed by atoms with Gasteiger partial charge in [-0.25, -0.2) is 9.97 Å². The fraction of sp³-hybridized carbons (Fsp3) is 0.370. The predicted molar refractivity (Wildman–Crippen MR) is 147 cm³/mol. The average Bonchev–Trinajstić information content (AvgIpc) is 2.88. The summed E-state index contributed by atoms with van der Waals surface area (Å²) in [4.78, 5) is 25.8. The Kier molecular flexibility index (Phi) is 11.4. The molecule has 1 N–H and O–H groups in total. The van der Waals surface area contributed by atoms with Crippen LogP contribution in [0, 0.1) is 0 Å². The van der Waals surface area contributed by atoms with Crippen molar-refractivity contribution in [1.82, 2.24) is 19.8 Å². The first-order valence-electron chi connectivity index (χ1n) is 11.7. The number of anilines is 1. The van der Waals surface area contributed by atoms with Crippen LogP contribution in [-0.2, 0) is 6.42 Å². The van der Waals surface area contributed by atoms with E-state index in [1.54, 1.807) is 25.3 Å². The Hall–Kier alpha value is -3.36. The zero-order chi connectivity index (χ0) is 25.2. The van der Waals surface area contributed by atoms with Crippen molar-refractivity contribution in [3.63, 3.8) is 0 Å². The van der Waals surface area contributed by atoms with Gasteiger partial charge >= 0.3 is 0 Å². The van der Waals surface area contributed by atoms with Crippen LogP contribution in [-0.4, -0.2) is 80.7 Å². The smallest absolute Gasteiger partial charge is 0.253 e. The van der Waals surface area contributed by atoms with Crippen molar-refractivity contribution in [3.05, 3.63) is 65.9 Å². The fourth-order valence-electron chi connectivity index (χ4n) is 3.72. The molecule has 3 aromatic rings. The van der Waals surface area contributed by atoms with Gasteiger partial charge in [0.1, 0.15) is 0 Å². The largest absolute Gasteiger partial charge is 0.493 e. The minimum absolute atomic E-state index is 0. The molecule has 1 amide bonds. The lowest BCUT2D eigenvalue weighted by Crippen LogP contribution is -2.29. The second-order valence-corrected chi connectivity index (χ2v) is 8.60. The van der Waals surface area contributed by atoms with Crippen LogP contribution in [0.5, 0.6) is 11.5 Å². The number of hydrogen-bond donors (Lipinski definition) is 1. The molecule has 3 rings (SSSR count). The third-order valence-corrected chi connectivity index (χ3v) is 5.65. The average molecular weight is 514 g/mol. The maximum absolute atomic E-state index is 12.9. The molecule has 0 radical (unpaired) electrons. The van der Waals surface area contributed by atoms with Crippen LogP contribution in [0.15, 0.2) is 54.7 Å². The van der Waals surface area contributed by atoms with E-state index >= 15 is 0 Å². The molecular weight excluding hydrogens is 478 g/mol. The van der Waals surface area contributed by atoms with Crippen molar-refractivity contribution in [2.45, 2.75) is 12.8 Å². The van der Waals surface area contributed by atoms with E-state index in [4.69, 9.17) is 9.47 Å². The van der Waals surface area contributed by atoms with E-state index in [0.717, 1.165) is 36.2 Å². The van der Waals surface area contributed by atoms with Gasteiger partial charge in [-0.15, -0.1) is 12.4 Å². The number of aromatic nitrogens is 2. The first-order valence-corrected chi connectivity index (χ1v) is 11.7. The Balaban J connectivity index is 0.00000456. The molecule has 0 fully saturated rings. The Morgan fingerprint density at radius 3 is 2.47 bits per heavy atom. The van der Waals surface area contributed by atoms with Gasteiger partial charge in [-0.2, -0.15) is 0 Å². The maximum Gasteiger partial charge on any atom is 0.253 e. The van der Waals surface area contributed by atoms with E-state index < -0.39 is 0 Å². The highest BCUT2D eigenvalue weighted by Gasteiger charge is 2.13. The molecule has 0 saturated carbocycles. The molecule has 0 unspecified atom stereocenters. The van der Waals surface area contributed by atoms with E-state index in [0.29, 0.717) is 36.1 Å². The van der Waals surface area contributed by atoms with Gasteiger partial charge in [0.2, 0.25) is 5.95 Å². The van der Waals surface area contributed by atoms with Gasteiger partial charge in [0.05, 0.1) is 19.9 Å². The van der Waals surface area contributed by atoms with Crippen molar-refractivity contribution in [2.75, 3.05) is 60.3 Å². The third-order valence-electron chi connectivity index (χ3n) is 5.65. The highest BCUT2D eigenvalue weighted by atomic mass is 35.5. The summed E-state index contributed by atoms with van der Waals surface area (Å²) in [6.45, 7) is 2.32. The number of rotatable bonds is 12. The molecule has 0 aliphatic heterocycles. The number of amides is 1. The first-order chi connectivity index (χ1) is 16.9. The first kappa shape index (κ1) is 28.9. The van der Waals surface area contributed by atoms with E-state index in [2.05, 4.69) is 20.2 Å². The van der Waals surface area contributed by atoms with Crippen LogP contribution in [0.2, 0.25) is 0 Å². The van der Waals surface area contributed by atoms with Crippen LogP contribution in [0.3, 0.4) is 0 Å². The van der Waals surface area contributed by atoms with E-state index in [1.807, 2.05) is 69.7 Å². The van der Waals surface area contributed by atoms with Crippen molar-refractivity contribution in [3.8, 4) is 22.8 Å². The number of nitrogens with zero attached hydrogens (tertiary/aromatic N) is 4. The van der Waals surface area contributed by atoms with E-state index in [9.17, 15) is 4.79 Å². The zero-order valence-electron chi connectivity index (χ0n) is 21.7. The predicted octanol–water partition coefficient (Wildman–Crippen LogP) is 4.26. The van der Waals surface area contributed by atoms with Gasteiger partial charge in [-0.05, 0) is 69.4 Å². The zero-order valence-corrected chi connectivity index (χ0v) is 22.5. The number of carbonyl (C=O) groups excluding carboxylic acids is 1. The Labute approximate surface area is 220 Å². The quantitative estimate of drug-likeness (QED) is 0.387. The van der Waals surface area contributed by atoms with Crippen LogP contribution < -0.4 is 14.8 Å². The van der Waals surface area contributed by atoms with Crippen LogP contribution in [0.25, 0.3) is 11.3 Å². The van der Waals surface area contributed by atoms with Gasteiger partial charge in [-0.1, -0.05) is 18.2 Å². The second kappa shape index (κ2) is 14.3. The molecule has 2 aromatic carbocycles. The summed E-state index contributed by atoms with van der Waals surface area (Å²) >= 11 is 0. The molecule has 0 bridgehead atoms. The Morgan fingerprint density at radius 1 is 0.972 bits per heavy atom. The molecule has 0 aliphatic carbocycles. The number of hydrogen-bond acceptors (Lipinski definition) is 7. The SMILES string of the molecule is COc1ccc(CCNc2nccc(-c3cccc(C(=O)N(C)CCCN(C)C)c3)n2)cc1OC.Cl. The minimum Gasteiger partial charge on any atom is -0.493 e. The molecule has 8 nitrogen and oxygen atoms in total. The summed E-state index contributed by atoms with van der Waals surface area (Å²) in [5.41, 5.74) is 3.41. The number of carbonyl (C=O) groups is 1. The summed E-state index contributed by atoms with van der Waals surface area (Å²) in [7, 11) is 9.17.